The molecule has 0 aliphatic rings. The second-order valence-corrected chi connectivity index (χ2v) is 6.83. The lowest BCUT2D eigenvalue weighted by atomic mass is 9.88. The summed E-state index contributed by atoms with van der Waals surface area (Å²) < 4.78 is 231. The van der Waals surface area contributed by atoms with E-state index in [9.17, 15) is 84.2 Å². The summed E-state index contributed by atoms with van der Waals surface area (Å²) in [4.78, 5) is 21.8. The normalized spacial score (nSPS) is 14.7. The molecule has 0 aromatic heterocycles. The quantitative estimate of drug-likeness (QED) is 0.124. The number of alkyl carbamates (subject to hydrolysis) is 1. The first kappa shape index (κ1) is 35.3. The van der Waals surface area contributed by atoms with Crippen molar-refractivity contribution in [3.05, 3.63) is 12.7 Å². The maximum absolute atomic E-state index is 13.6. The first-order valence-corrected chi connectivity index (χ1v) is 9.01. The van der Waals surface area contributed by atoms with Gasteiger partial charge in [-0.25, -0.2) is 9.59 Å². The predicted molar refractivity (Wildman–Crippen MR) is 85.8 cm³/mol. The lowest BCUT2D eigenvalue weighted by Crippen LogP contribution is -2.74. The van der Waals surface area contributed by atoms with Crippen LogP contribution < -0.4 is 5.32 Å². The van der Waals surface area contributed by atoms with Gasteiger partial charge in [-0.05, 0) is 0 Å². The van der Waals surface area contributed by atoms with Crippen LogP contribution in [0.1, 0.15) is 6.42 Å². The predicted octanol–water partition coefficient (Wildman–Crippen LogP) is 5.84. The van der Waals surface area contributed by atoms with Gasteiger partial charge in [0, 0.05) is 19.0 Å². The SMILES string of the molecule is C=CC(=O)OCCOC(=O)NCCC(F)(F)C(F)(F)C(F)(F)C(F)(F)C(F)(F)C(F)(F)C(F)(F)C(F)(F)F. The van der Waals surface area contributed by atoms with E-state index in [4.69, 9.17) is 0 Å². The van der Waals surface area contributed by atoms with Crippen LogP contribution >= 0.6 is 0 Å². The average Bonchev–Trinajstić information content (AvgIpc) is 2.74. The number of alkyl halides is 17. The molecule has 0 saturated carbocycles. The molecule has 0 spiro atoms. The molecule has 1 amide bonds. The Labute approximate surface area is 198 Å². The summed E-state index contributed by atoms with van der Waals surface area (Å²) >= 11 is 0. The third kappa shape index (κ3) is 5.96. The number of hydrogen-bond donors (Lipinski definition) is 1. The molecule has 5 nitrogen and oxygen atoms in total. The van der Waals surface area contributed by atoms with Crippen LogP contribution in [0.3, 0.4) is 0 Å². The van der Waals surface area contributed by atoms with Gasteiger partial charge in [0.1, 0.15) is 13.2 Å². The summed E-state index contributed by atoms with van der Waals surface area (Å²) in [6.07, 6.45) is -11.9. The number of ether oxygens (including phenoxy) is 2. The minimum atomic E-state index is -8.71. The van der Waals surface area contributed by atoms with Gasteiger partial charge in [0.25, 0.3) is 0 Å². The van der Waals surface area contributed by atoms with Crippen LogP contribution in [-0.4, -0.2) is 79.5 Å². The van der Waals surface area contributed by atoms with Crippen molar-refractivity contribution in [3.63, 3.8) is 0 Å². The number of rotatable bonds is 13. The minimum Gasteiger partial charge on any atom is -0.459 e. The molecule has 0 bridgehead atoms. The smallest absolute Gasteiger partial charge is 0.459 e. The monoisotopic (exact) mass is 605 g/mol. The van der Waals surface area contributed by atoms with E-state index in [0.29, 0.717) is 6.08 Å². The molecular formula is C16H12F17NO4. The van der Waals surface area contributed by atoms with Gasteiger partial charge in [-0.3, -0.25) is 0 Å². The Morgan fingerprint density at radius 1 is 0.605 bits per heavy atom. The van der Waals surface area contributed by atoms with E-state index in [1.807, 2.05) is 0 Å². The van der Waals surface area contributed by atoms with Gasteiger partial charge in [0.05, 0.1) is 0 Å². The highest BCUT2D eigenvalue weighted by atomic mass is 19.4. The Morgan fingerprint density at radius 2 is 0.974 bits per heavy atom. The zero-order valence-electron chi connectivity index (χ0n) is 17.7. The van der Waals surface area contributed by atoms with E-state index in [1.165, 1.54) is 0 Å². The maximum Gasteiger partial charge on any atom is 0.460 e. The van der Waals surface area contributed by atoms with E-state index < -0.39 is 85.9 Å². The van der Waals surface area contributed by atoms with Gasteiger partial charge in [0.15, 0.2) is 0 Å². The van der Waals surface area contributed by atoms with Crippen molar-refractivity contribution in [1.82, 2.24) is 5.32 Å². The van der Waals surface area contributed by atoms with E-state index in [2.05, 4.69) is 16.1 Å². The molecule has 0 radical (unpaired) electrons. The third-order valence-electron chi connectivity index (χ3n) is 4.22. The molecule has 0 rings (SSSR count). The number of halogens is 17. The number of nitrogens with one attached hydrogen (secondary N) is 1. The lowest BCUT2D eigenvalue weighted by Gasteiger charge is -2.42. The van der Waals surface area contributed by atoms with Gasteiger partial charge < -0.3 is 14.8 Å². The average molecular weight is 605 g/mol. The molecule has 38 heavy (non-hydrogen) atoms. The van der Waals surface area contributed by atoms with Crippen molar-refractivity contribution >= 4 is 12.1 Å². The molecule has 0 aromatic rings. The van der Waals surface area contributed by atoms with Crippen molar-refractivity contribution in [2.24, 2.45) is 0 Å². The summed E-state index contributed by atoms with van der Waals surface area (Å²) in [5.74, 6) is -58.1. The van der Waals surface area contributed by atoms with Crippen molar-refractivity contribution in [2.75, 3.05) is 19.8 Å². The molecule has 0 aliphatic carbocycles. The van der Waals surface area contributed by atoms with Crippen molar-refractivity contribution < 1.29 is 93.7 Å². The van der Waals surface area contributed by atoms with Crippen LogP contribution in [0.5, 0.6) is 0 Å². The fourth-order valence-corrected chi connectivity index (χ4v) is 2.06. The summed E-state index contributed by atoms with van der Waals surface area (Å²) in [6.45, 7) is -0.491. The van der Waals surface area contributed by atoms with Crippen molar-refractivity contribution in [2.45, 2.75) is 54.1 Å². The number of carbonyl (C=O) groups is 2. The third-order valence-corrected chi connectivity index (χ3v) is 4.22. The fraction of sp³-hybridized carbons (Fsp3) is 0.750. The Bertz CT molecular complexity index is 869. The molecule has 0 unspecified atom stereocenters. The highest BCUT2D eigenvalue weighted by Crippen LogP contribution is 2.64. The molecule has 22 heteroatoms. The van der Waals surface area contributed by atoms with Crippen molar-refractivity contribution in [3.8, 4) is 0 Å². The Hall–Kier alpha value is -2.71. The number of carbonyl (C=O) groups excluding carboxylic acids is 2. The molecule has 0 aliphatic heterocycles. The Kier molecular flexibility index (Phi) is 10.0. The van der Waals surface area contributed by atoms with Gasteiger partial charge in [-0.2, -0.15) is 74.6 Å². The molecule has 0 saturated heterocycles. The van der Waals surface area contributed by atoms with Crippen LogP contribution in [0, 0.1) is 0 Å². The van der Waals surface area contributed by atoms with E-state index in [0.717, 1.165) is 5.32 Å². The van der Waals surface area contributed by atoms with Crippen LogP contribution in [0.25, 0.3) is 0 Å². The highest BCUT2D eigenvalue weighted by Gasteiger charge is 2.95. The number of esters is 1. The number of hydrogen-bond acceptors (Lipinski definition) is 4. The second kappa shape index (κ2) is 10.8. The molecular weight excluding hydrogens is 593 g/mol. The van der Waals surface area contributed by atoms with Gasteiger partial charge >= 0.3 is 59.7 Å². The van der Waals surface area contributed by atoms with Gasteiger partial charge in [-0.1, -0.05) is 6.58 Å². The second-order valence-electron chi connectivity index (χ2n) is 6.83. The van der Waals surface area contributed by atoms with Crippen LogP contribution in [0.15, 0.2) is 12.7 Å². The van der Waals surface area contributed by atoms with Crippen LogP contribution in [-0.2, 0) is 14.3 Å². The highest BCUT2D eigenvalue weighted by molar-refractivity contribution is 5.81. The zero-order valence-corrected chi connectivity index (χ0v) is 17.7. The summed E-state index contributed by atoms with van der Waals surface area (Å²) in [7, 11) is 0. The Morgan fingerprint density at radius 3 is 1.37 bits per heavy atom. The molecule has 0 aromatic carbocycles. The molecule has 0 heterocycles. The first-order valence-electron chi connectivity index (χ1n) is 9.01. The molecule has 224 valence electrons. The van der Waals surface area contributed by atoms with E-state index in [1.54, 1.807) is 0 Å². The molecule has 1 N–H and O–H groups in total. The maximum atomic E-state index is 13.6. The van der Waals surface area contributed by atoms with Crippen molar-refractivity contribution in [1.29, 1.82) is 0 Å². The molecule has 0 fully saturated rings. The molecule has 0 atom stereocenters. The Balaban J connectivity index is 5.80. The fourth-order valence-electron chi connectivity index (χ4n) is 2.06. The van der Waals surface area contributed by atoms with Crippen LogP contribution in [0.2, 0.25) is 0 Å². The summed E-state index contributed by atoms with van der Waals surface area (Å²) in [5, 5.41) is 1.13. The van der Waals surface area contributed by atoms with E-state index in [-0.39, 0.29) is 0 Å². The number of amides is 1. The standard InChI is InChI=1S/C16H12F17NO4/c1-2-7(35)37-5-6-38-8(36)34-4-3-9(17,18)10(19,20)11(21,22)12(23,24)13(25,26)14(27,28)15(29,30)16(31,32)33/h2H,1,3-6H2,(H,34,36). The van der Waals surface area contributed by atoms with Gasteiger partial charge in [-0.15, -0.1) is 0 Å². The largest absolute Gasteiger partial charge is 0.460 e. The summed E-state index contributed by atoms with van der Waals surface area (Å²) in [6, 6.07) is 0. The zero-order chi connectivity index (χ0) is 30.8. The van der Waals surface area contributed by atoms with Gasteiger partial charge in [0.2, 0.25) is 0 Å². The topological polar surface area (TPSA) is 64.6 Å². The van der Waals surface area contributed by atoms with Crippen LogP contribution in [0.4, 0.5) is 79.4 Å². The minimum absolute atomic E-state index is 0.639. The summed E-state index contributed by atoms with van der Waals surface area (Å²) in [5.41, 5.74) is 0. The van der Waals surface area contributed by atoms with E-state index >= 15 is 0 Å². The lowest BCUT2D eigenvalue weighted by molar-refractivity contribution is -0.461. The first-order chi connectivity index (χ1) is 16.6.